The van der Waals surface area contributed by atoms with Crippen LogP contribution in [0.2, 0.25) is 0 Å². The number of aromatic nitrogens is 3. The van der Waals surface area contributed by atoms with Gasteiger partial charge in [0.1, 0.15) is 17.8 Å². The van der Waals surface area contributed by atoms with Gasteiger partial charge in [-0.05, 0) is 6.07 Å². The molecule has 0 spiro atoms. The molecule has 1 aromatic carbocycles. The lowest BCUT2D eigenvalue weighted by Crippen LogP contribution is -1.95. The zero-order valence-electron chi connectivity index (χ0n) is 11.6. The molecule has 0 amide bonds. The molecule has 0 atom stereocenters. The van der Waals surface area contributed by atoms with E-state index in [-0.39, 0.29) is 5.82 Å². The van der Waals surface area contributed by atoms with E-state index < -0.39 is 0 Å². The predicted octanol–water partition coefficient (Wildman–Crippen LogP) is 3.05. The zero-order chi connectivity index (χ0) is 15.0. The summed E-state index contributed by atoms with van der Waals surface area (Å²) in [6, 6.07) is 5.22. The van der Waals surface area contributed by atoms with Crippen LogP contribution in [0, 0.1) is 5.82 Å². The van der Waals surface area contributed by atoms with Gasteiger partial charge in [-0.25, -0.2) is 14.4 Å². The van der Waals surface area contributed by atoms with E-state index >= 15 is 0 Å². The van der Waals surface area contributed by atoms with Crippen molar-refractivity contribution in [1.29, 1.82) is 0 Å². The van der Waals surface area contributed by atoms with Crippen LogP contribution >= 0.6 is 11.9 Å². The van der Waals surface area contributed by atoms with Crippen LogP contribution in [-0.2, 0) is 7.05 Å². The Hall–Kier alpha value is -2.28. The van der Waals surface area contributed by atoms with Crippen molar-refractivity contribution in [2.75, 3.05) is 16.7 Å². The number of fused-ring (bicyclic) bond motifs is 1. The average Bonchev–Trinajstić information content (AvgIpc) is 2.80. The van der Waals surface area contributed by atoms with E-state index in [1.807, 2.05) is 24.1 Å². The molecule has 0 aliphatic heterocycles. The number of nitrogen functional groups attached to an aromatic ring is 1. The molecule has 21 heavy (non-hydrogen) atoms. The van der Waals surface area contributed by atoms with E-state index in [1.165, 1.54) is 18.3 Å². The van der Waals surface area contributed by atoms with Crippen LogP contribution in [-0.4, -0.2) is 20.8 Å². The highest BCUT2D eigenvalue weighted by Gasteiger charge is 2.17. The molecule has 3 N–H and O–H groups in total. The Kier molecular flexibility index (Phi) is 3.42. The minimum atomic E-state index is -0.317. The van der Waals surface area contributed by atoms with Crippen LogP contribution in [0.3, 0.4) is 0 Å². The van der Waals surface area contributed by atoms with E-state index in [2.05, 4.69) is 14.7 Å². The van der Waals surface area contributed by atoms with Gasteiger partial charge in [-0.15, -0.1) is 0 Å². The first-order chi connectivity index (χ1) is 10.1. The first kappa shape index (κ1) is 13.7. The highest BCUT2D eigenvalue weighted by atomic mass is 32.2. The number of rotatable bonds is 3. The van der Waals surface area contributed by atoms with Crippen LogP contribution < -0.4 is 10.5 Å². The van der Waals surface area contributed by atoms with E-state index in [9.17, 15) is 4.39 Å². The predicted molar refractivity (Wildman–Crippen MR) is 85.5 cm³/mol. The first-order valence-corrected chi connectivity index (χ1v) is 7.49. The molecule has 5 nitrogen and oxygen atoms in total. The quantitative estimate of drug-likeness (QED) is 0.728. The maximum atomic E-state index is 14.6. The molecule has 3 aromatic rings. The number of halogens is 1. The highest BCUT2D eigenvalue weighted by molar-refractivity contribution is 7.99. The smallest absolute Gasteiger partial charge is 0.155 e. The number of hydrogen-bond acceptors (Lipinski definition) is 5. The topological polar surface area (TPSA) is 68.8 Å². The molecule has 3 rings (SSSR count). The lowest BCUT2D eigenvalue weighted by atomic mass is 10.0. The van der Waals surface area contributed by atoms with E-state index in [0.717, 1.165) is 0 Å². The summed E-state index contributed by atoms with van der Waals surface area (Å²) < 4.78 is 19.4. The molecule has 7 heteroatoms. The molecule has 0 aliphatic carbocycles. The van der Waals surface area contributed by atoms with Gasteiger partial charge in [-0.3, -0.25) is 0 Å². The molecule has 0 saturated heterocycles. The van der Waals surface area contributed by atoms with E-state index in [4.69, 9.17) is 5.73 Å². The lowest BCUT2D eigenvalue weighted by Gasteiger charge is -2.08. The van der Waals surface area contributed by atoms with Crippen molar-refractivity contribution in [1.82, 2.24) is 14.5 Å². The summed E-state index contributed by atoms with van der Waals surface area (Å²) in [5, 5.41) is 0.667. The third kappa shape index (κ3) is 2.19. The molecule has 2 heterocycles. The van der Waals surface area contributed by atoms with Crippen molar-refractivity contribution < 1.29 is 4.39 Å². The van der Waals surface area contributed by atoms with Crippen molar-refractivity contribution in [3.8, 4) is 11.1 Å². The molecule has 0 aliphatic rings. The monoisotopic (exact) mass is 303 g/mol. The first-order valence-electron chi connectivity index (χ1n) is 6.27. The molecule has 0 bridgehead atoms. The fourth-order valence-corrected chi connectivity index (χ4v) is 2.75. The molecule has 0 saturated carbocycles. The molecular formula is C14H14FN5S. The minimum absolute atomic E-state index is 0.317. The summed E-state index contributed by atoms with van der Waals surface area (Å²) in [7, 11) is 1.85. The Morgan fingerprint density at radius 1 is 1.29 bits per heavy atom. The van der Waals surface area contributed by atoms with Crippen LogP contribution in [0.4, 0.5) is 15.9 Å². The molecule has 0 fully saturated rings. The lowest BCUT2D eigenvalue weighted by molar-refractivity contribution is 0.636. The maximum Gasteiger partial charge on any atom is 0.155 e. The highest BCUT2D eigenvalue weighted by Crippen LogP contribution is 2.35. The van der Waals surface area contributed by atoms with Gasteiger partial charge in [0, 0.05) is 30.6 Å². The molecule has 0 radical (unpaired) electrons. The Balaban J connectivity index is 2.29. The number of hydrogen-bond donors (Lipinski definition) is 2. The third-order valence-electron chi connectivity index (χ3n) is 3.28. The Labute approximate surface area is 125 Å². The summed E-state index contributed by atoms with van der Waals surface area (Å²) in [6.45, 7) is 0. The van der Waals surface area contributed by atoms with Crippen LogP contribution in [0.15, 0.2) is 30.7 Å². The largest absolute Gasteiger partial charge is 0.383 e. The van der Waals surface area contributed by atoms with Crippen LogP contribution in [0.25, 0.3) is 22.2 Å². The van der Waals surface area contributed by atoms with Gasteiger partial charge in [0.05, 0.1) is 11.1 Å². The number of nitrogens with two attached hydrogens (primary N) is 1. The van der Waals surface area contributed by atoms with Crippen molar-refractivity contribution in [3.05, 3.63) is 36.5 Å². The number of nitrogens with one attached hydrogen (secondary N) is 1. The van der Waals surface area contributed by atoms with Crippen LogP contribution in [0.1, 0.15) is 0 Å². The Bertz CT molecular complexity index is 814. The second-order valence-electron chi connectivity index (χ2n) is 4.58. The molecular weight excluding hydrogens is 289 g/mol. The number of nitrogens with zero attached hydrogens (tertiary/aromatic N) is 3. The summed E-state index contributed by atoms with van der Waals surface area (Å²) in [6.07, 6.45) is 5.07. The van der Waals surface area contributed by atoms with Gasteiger partial charge in [0.25, 0.3) is 0 Å². The summed E-state index contributed by atoms with van der Waals surface area (Å²) >= 11 is 1.34. The Morgan fingerprint density at radius 3 is 2.86 bits per heavy atom. The van der Waals surface area contributed by atoms with Gasteiger partial charge in [-0.2, -0.15) is 0 Å². The normalized spacial score (nSPS) is 11.0. The third-order valence-corrected chi connectivity index (χ3v) is 3.71. The fourth-order valence-electron chi connectivity index (χ4n) is 2.37. The zero-order valence-corrected chi connectivity index (χ0v) is 12.4. The number of aryl methyl sites for hydroxylation is 1. The molecule has 2 aromatic heterocycles. The summed E-state index contributed by atoms with van der Waals surface area (Å²) in [5.74, 6) is 0.0285. The number of anilines is 2. The van der Waals surface area contributed by atoms with Gasteiger partial charge in [0.2, 0.25) is 0 Å². The average molecular weight is 303 g/mol. The maximum absolute atomic E-state index is 14.6. The van der Waals surface area contributed by atoms with E-state index in [1.54, 1.807) is 18.2 Å². The van der Waals surface area contributed by atoms with Gasteiger partial charge < -0.3 is 15.0 Å². The second kappa shape index (κ2) is 5.25. The van der Waals surface area contributed by atoms with Gasteiger partial charge in [-0.1, -0.05) is 24.1 Å². The van der Waals surface area contributed by atoms with Crippen LogP contribution in [0.5, 0.6) is 0 Å². The van der Waals surface area contributed by atoms with Gasteiger partial charge >= 0.3 is 0 Å². The number of benzene rings is 1. The van der Waals surface area contributed by atoms with Crippen molar-refractivity contribution >= 4 is 34.5 Å². The second-order valence-corrected chi connectivity index (χ2v) is 5.20. The summed E-state index contributed by atoms with van der Waals surface area (Å²) in [4.78, 5) is 8.21. The molecule has 108 valence electrons. The van der Waals surface area contributed by atoms with Crippen molar-refractivity contribution in [2.45, 2.75) is 0 Å². The fraction of sp³-hybridized carbons (Fsp3) is 0.143. The van der Waals surface area contributed by atoms with Crippen molar-refractivity contribution in [3.63, 3.8) is 0 Å². The van der Waals surface area contributed by atoms with Crippen molar-refractivity contribution in [2.24, 2.45) is 7.05 Å². The summed E-state index contributed by atoms with van der Waals surface area (Å²) in [5.41, 5.74) is 8.23. The SMILES string of the molecule is CSNc1cccc(-c2cn(C)c3ncnc(N)c23)c1F. The standard InChI is InChI=1S/C14H14FN5S/c1-20-6-9(11-13(16)17-7-18-14(11)20)8-4-3-5-10(12(8)15)19-21-2/h3-7,19H,1-2H3,(H2,16,17,18). The Morgan fingerprint density at radius 2 is 2.10 bits per heavy atom. The van der Waals surface area contributed by atoms with E-state index in [0.29, 0.717) is 33.7 Å². The van der Waals surface area contributed by atoms with Gasteiger partial charge in [0.15, 0.2) is 5.82 Å². The minimum Gasteiger partial charge on any atom is -0.383 e. The molecule has 0 unspecified atom stereocenters.